The number of allylic oxidation sites excluding steroid dienone is 1. The van der Waals surface area contributed by atoms with E-state index in [2.05, 4.69) is 26.0 Å². The minimum absolute atomic E-state index is 0.136. The lowest BCUT2D eigenvalue weighted by Crippen LogP contribution is -2.33. The lowest BCUT2D eigenvalue weighted by molar-refractivity contribution is -0.128. The van der Waals surface area contributed by atoms with Crippen molar-refractivity contribution < 1.29 is 9.53 Å². The Morgan fingerprint density at radius 2 is 1.95 bits per heavy atom. The Bertz CT molecular complexity index is 505. The smallest absolute Gasteiger partial charge is 0.246 e. The van der Waals surface area contributed by atoms with Crippen LogP contribution < -0.4 is 4.74 Å². The van der Waals surface area contributed by atoms with Crippen molar-refractivity contribution in [3.63, 3.8) is 0 Å². The van der Waals surface area contributed by atoms with E-state index in [0.29, 0.717) is 5.92 Å². The maximum atomic E-state index is 12.6. The van der Waals surface area contributed by atoms with Crippen LogP contribution in [0, 0.1) is 5.92 Å². The molecule has 1 aromatic rings. The van der Waals surface area contributed by atoms with Crippen molar-refractivity contribution in [1.29, 1.82) is 0 Å². The molecule has 0 aromatic heterocycles. The maximum Gasteiger partial charge on any atom is 0.246 e. The van der Waals surface area contributed by atoms with Crippen molar-refractivity contribution in [1.82, 2.24) is 4.90 Å². The highest BCUT2D eigenvalue weighted by Gasteiger charge is 2.25. The van der Waals surface area contributed by atoms with Crippen LogP contribution in [0.3, 0.4) is 0 Å². The number of amides is 1. The number of benzene rings is 1. The molecule has 0 spiro atoms. The van der Waals surface area contributed by atoms with Gasteiger partial charge in [-0.2, -0.15) is 0 Å². The molecule has 1 amide bonds. The standard InChI is InChI=1S/C19H27NO2/c1-15(2)8-13-19(21)20-14-6-4-5-7-18(20)16-9-11-17(22-3)12-10-16/h8-13,15,18H,4-7,14H2,1-3H3. The van der Waals surface area contributed by atoms with Gasteiger partial charge in [0.1, 0.15) is 5.75 Å². The minimum Gasteiger partial charge on any atom is -0.497 e. The van der Waals surface area contributed by atoms with E-state index in [-0.39, 0.29) is 11.9 Å². The van der Waals surface area contributed by atoms with Crippen molar-refractivity contribution in [3.8, 4) is 5.75 Å². The van der Waals surface area contributed by atoms with Gasteiger partial charge in [0.15, 0.2) is 0 Å². The fourth-order valence-corrected chi connectivity index (χ4v) is 2.92. The lowest BCUT2D eigenvalue weighted by atomic mass is 10.0. The van der Waals surface area contributed by atoms with Gasteiger partial charge in [-0.15, -0.1) is 0 Å². The van der Waals surface area contributed by atoms with E-state index < -0.39 is 0 Å². The third-order valence-electron chi connectivity index (χ3n) is 4.16. The molecular weight excluding hydrogens is 274 g/mol. The fourth-order valence-electron chi connectivity index (χ4n) is 2.92. The normalized spacial score (nSPS) is 19.5. The van der Waals surface area contributed by atoms with E-state index in [9.17, 15) is 4.79 Å². The van der Waals surface area contributed by atoms with Crippen LogP contribution in [-0.2, 0) is 4.79 Å². The van der Waals surface area contributed by atoms with Gasteiger partial charge in [0.25, 0.3) is 0 Å². The van der Waals surface area contributed by atoms with Gasteiger partial charge in [0.2, 0.25) is 5.91 Å². The van der Waals surface area contributed by atoms with Crippen LogP contribution in [0.2, 0.25) is 0 Å². The second-order valence-electron chi connectivity index (χ2n) is 6.27. The first kappa shape index (κ1) is 16.6. The van der Waals surface area contributed by atoms with Crippen molar-refractivity contribution in [2.24, 2.45) is 5.92 Å². The fraction of sp³-hybridized carbons (Fsp3) is 0.526. The molecule has 1 saturated heterocycles. The molecule has 0 N–H and O–H groups in total. The summed E-state index contributed by atoms with van der Waals surface area (Å²) in [5.41, 5.74) is 1.20. The Labute approximate surface area is 134 Å². The Balaban J connectivity index is 2.21. The van der Waals surface area contributed by atoms with Gasteiger partial charge < -0.3 is 9.64 Å². The van der Waals surface area contributed by atoms with E-state index in [1.165, 1.54) is 18.4 Å². The van der Waals surface area contributed by atoms with Crippen LogP contribution in [0.25, 0.3) is 0 Å². The maximum absolute atomic E-state index is 12.6. The van der Waals surface area contributed by atoms with Gasteiger partial charge in [-0.05, 0) is 42.5 Å². The minimum atomic E-state index is 0.136. The molecule has 0 saturated carbocycles. The Kier molecular flexibility index (Phi) is 6.05. The molecule has 3 nitrogen and oxygen atoms in total. The van der Waals surface area contributed by atoms with Gasteiger partial charge in [-0.3, -0.25) is 4.79 Å². The summed E-state index contributed by atoms with van der Waals surface area (Å²) in [5, 5.41) is 0. The Hall–Kier alpha value is -1.77. The molecule has 0 bridgehead atoms. The van der Waals surface area contributed by atoms with Crippen molar-refractivity contribution in [2.75, 3.05) is 13.7 Å². The van der Waals surface area contributed by atoms with Crippen LogP contribution in [-0.4, -0.2) is 24.5 Å². The Morgan fingerprint density at radius 3 is 2.59 bits per heavy atom. The molecule has 120 valence electrons. The van der Waals surface area contributed by atoms with Crippen LogP contribution >= 0.6 is 0 Å². The molecule has 3 heteroatoms. The molecule has 1 aliphatic heterocycles. The van der Waals surface area contributed by atoms with E-state index >= 15 is 0 Å². The molecular formula is C19H27NO2. The number of hydrogen-bond donors (Lipinski definition) is 0. The highest BCUT2D eigenvalue weighted by molar-refractivity contribution is 5.88. The van der Waals surface area contributed by atoms with Gasteiger partial charge >= 0.3 is 0 Å². The van der Waals surface area contributed by atoms with Gasteiger partial charge in [-0.25, -0.2) is 0 Å². The molecule has 1 fully saturated rings. The second-order valence-corrected chi connectivity index (χ2v) is 6.27. The largest absolute Gasteiger partial charge is 0.497 e. The van der Waals surface area contributed by atoms with Gasteiger partial charge in [0, 0.05) is 6.54 Å². The first-order valence-electron chi connectivity index (χ1n) is 8.24. The van der Waals surface area contributed by atoms with Crippen LogP contribution in [0.4, 0.5) is 0 Å². The summed E-state index contributed by atoms with van der Waals surface area (Å²) in [6, 6.07) is 8.31. The van der Waals surface area contributed by atoms with Crippen LogP contribution in [0.15, 0.2) is 36.4 Å². The lowest BCUT2D eigenvalue weighted by Gasteiger charge is -2.29. The van der Waals surface area contributed by atoms with E-state index in [1.54, 1.807) is 13.2 Å². The number of nitrogens with zero attached hydrogens (tertiary/aromatic N) is 1. The summed E-state index contributed by atoms with van der Waals surface area (Å²) in [6.07, 6.45) is 8.23. The van der Waals surface area contributed by atoms with Crippen molar-refractivity contribution >= 4 is 5.91 Å². The molecule has 22 heavy (non-hydrogen) atoms. The molecule has 1 heterocycles. The van der Waals surface area contributed by atoms with Gasteiger partial charge in [0.05, 0.1) is 13.2 Å². The third kappa shape index (κ3) is 4.36. The zero-order valence-corrected chi connectivity index (χ0v) is 13.9. The summed E-state index contributed by atoms with van der Waals surface area (Å²) < 4.78 is 5.23. The third-order valence-corrected chi connectivity index (χ3v) is 4.16. The van der Waals surface area contributed by atoms with Crippen molar-refractivity contribution in [2.45, 2.75) is 45.6 Å². The number of likely N-dealkylation sites (tertiary alicyclic amines) is 1. The predicted molar refractivity (Wildman–Crippen MR) is 89.9 cm³/mol. The average Bonchev–Trinajstić information content (AvgIpc) is 2.78. The highest BCUT2D eigenvalue weighted by Crippen LogP contribution is 2.31. The number of carbonyl (C=O) groups excluding carboxylic acids is 1. The second kappa shape index (κ2) is 8.02. The Morgan fingerprint density at radius 1 is 1.23 bits per heavy atom. The van der Waals surface area contributed by atoms with Crippen LogP contribution in [0.1, 0.15) is 51.1 Å². The molecule has 1 atom stereocenters. The summed E-state index contributed by atoms with van der Waals surface area (Å²) in [7, 11) is 1.67. The summed E-state index contributed by atoms with van der Waals surface area (Å²) >= 11 is 0. The molecule has 1 unspecified atom stereocenters. The first-order chi connectivity index (χ1) is 10.6. The number of hydrogen-bond acceptors (Lipinski definition) is 2. The number of carbonyl (C=O) groups is 1. The SMILES string of the molecule is COc1ccc(C2CCCCCN2C(=O)C=CC(C)C)cc1. The molecule has 2 rings (SSSR count). The quantitative estimate of drug-likeness (QED) is 0.774. The molecule has 0 radical (unpaired) electrons. The zero-order valence-electron chi connectivity index (χ0n) is 13.9. The predicted octanol–water partition coefficient (Wildman–Crippen LogP) is 4.35. The molecule has 1 aliphatic rings. The summed E-state index contributed by atoms with van der Waals surface area (Å²) in [4.78, 5) is 14.6. The van der Waals surface area contributed by atoms with E-state index in [0.717, 1.165) is 25.1 Å². The summed E-state index contributed by atoms with van der Waals surface area (Å²) in [5.74, 6) is 1.39. The number of ether oxygens (including phenoxy) is 1. The molecule has 1 aromatic carbocycles. The van der Waals surface area contributed by atoms with E-state index in [1.807, 2.05) is 23.1 Å². The topological polar surface area (TPSA) is 29.5 Å². The average molecular weight is 301 g/mol. The number of methoxy groups -OCH3 is 1. The number of rotatable bonds is 4. The zero-order chi connectivity index (χ0) is 15.9. The monoisotopic (exact) mass is 301 g/mol. The van der Waals surface area contributed by atoms with Crippen LogP contribution in [0.5, 0.6) is 5.75 Å². The first-order valence-corrected chi connectivity index (χ1v) is 8.24. The van der Waals surface area contributed by atoms with Crippen molar-refractivity contribution in [3.05, 3.63) is 42.0 Å². The highest BCUT2D eigenvalue weighted by atomic mass is 16.5. The molecule has 0 aliphatic carbocycles. The summed E-state index contributed by atoms with van der Waals surface area (Å²) in [6.45, 7) is 5.03. The van der Waals surface area contributed by atoms with E-state index in [4.69, 9.17) is 4.74 Å². The van der Waals surface area contributed by atoms with Gasteiger partial charge in [-0.1, -0.05) is 44.9 Å².